The molecule has 0 fully saturated rings. The van der Waals surface area contributed by atoms with Crippen LogP contribution in [0.3, 0.4) is 0 Å². The number of rotatable bonds is 3. The van der Waals surface area contributed by atoms with Crippen molar-refractivity contribution in [1.29, 1.82) is 0 Å². The normalized spacial score (nSPS) is 10.8. The van der Waals surface area contributed by atoms with Crippen LogP contribution >= 0.6 is 0 Å². The number of hydrogen-bond donors (Lipinski definition) is 0. The summed E-state index contributed by atoms with van der Waals surface area (Å²) >= 11 is 0. The molecule has 0 nitrogen and oxygen atoms in total. The van der Waals surface area contributed by atoms with Crippen molar-refractivity contribution in [2.75, 3.05) is 0 Å². The van der Waals surface area contributed by atoms with E-state index in [1.54, 1.807) is 0 Å². The molecule has 0 aromatic rings. The van der Waals surface area contributed by atoms with Gasteiger partial charge in [0.05, 0.1) is 0 Å². The van der Waals surface area contributed by atoms with Crippen molar-refractivity contribution in [3.8, 4) is 0 Å². The van der Waals surface area contributed by atoms with Gasteiger partial charge < -0.3 is 0 Å². The Kier molecular flexibility index (Phi) is 8.34. The van der Waals surface area contributed by atoms with Crippen LogP contribution in [0.15, 0.2) is 0 Å². The van der Waals surface area contributed by atoms with Gasteiger partial charge in [0, 0.05) is 0 Å². The minimum absolute atomic E-state index is 0. The van der Waals surface area contributed by atoms with Gasteiger partial charge >= 0.3 is 18.9 Å². The molecule has 10 heavy (non-hydrogen) atoms. The zero-order valence-corrected chi connectivity index (χ0v) is 7.33. The first-order valence-electron chi connectivity index (χ1n) is 4.06. The van der Waals surface area contributed by atoms with Gasteiger partial charge in [0.2, 0.25) is 0 Å². The summed E-state index contributed by atoms with van der Waals surface area (Å²) in [5.41, 5.74) is 0.551. The van der Waals surface area contributed by atoms with E-state index in [-0.39, 0.29) is 18.9 Å². The van der Waals surface area contributed by atoms with Gasteiger partial charge in [-0.05, 0) is 11.8 Å². The first-order chi connectivity index (χ1) is 4.06. The van der Waals surface area contributed by atoms with Gasteiger partial charge in [0.15, 0.2) is 0 Å². The number of hydrogen-bond acceptors (Lipinski definition) is 0. The molecule has 0 unspecified atom stereocenters. The van der Waals surface area contributed by atoms with Crippen molar-refractivity contribution in [3.05, 3.63) is 0 Å². The maximum absolute atomic E-state index is 2.31. The summed E-state index contributed by atoms with van der Waals surface area (Å²) in [7, 11) is 0. The van der Waals surface area contributed by atoms with Crippen molar-refractivity contribution in [1.82, 2.24) is 0 Å². The molecule has 0 aliphatic heterocycles. The monoisotopic (exact) mass is 136 g/mol. The molecule has 0 N–H and O–H groups in total. The first-order valence-corrected chi connectivity index (χ1v) is 4.06. The van der Waals surface area contributed by atoms with E-state index in [2.05, 4.69) is 27.7 Å². The summed E-state index contributed by atoms with van der Waals surface area (Å²) < 4.78 is 0. The molecule has 0 spiro atoms. The van der Waals surface area contributed by atoms with E-state index in [9.17, 15) is 0 Å². The number of unbranched alkanes of at least 4 members (excludes halogenated alkanes) is 2. The Balaban J connectivity index is 0. The van der Waals surface area contributed by atoms with Crippen molar-refractivity contribution in [2.24, 2.45) is 5.41 Å². The maximum atomic E-state index is 2.31. The standard InChI is InChI=1S/C9H20.Li.H/c1-5-6-7-8-9(2,3)4;;/h5-8H2,1-4H3;;. The predicted molar refractivity (Wildman–Crippen MR) is 50.7 cm³/mol. The summed E-state index contributed by atoms with van der Waals surface area (Å²) in [5.74, 6) is 0. The molecule has 1 heteroatoms. The Labute approximate surface area is 78.0 Å². The average molecular weight is 136 g/mol. The van der Waals surface area contributed by atoms with E-state index < -0.39 is 0 Å². The molecule has 58 valence electrons. The molecule has 0 aliphatic carbocycles. The zero-order chi connectivity index (χ0) is 7.33. The molecule has 0 aromatic heterocycles. The van der Waals surface area contributed by atoms with E-state index in [1.165, 1.54) is 25.7 Å². The molecule has 0 saturated heterocycles. The molecule has 0 aliphatic rings. The molecule has 0 amide bonds. The quantitative estimate of drug-likeness (QED) is 0.413. The molecule has 0 aromatic carbocycles. The van der Waals surface area contributed by atoms with Gasteiger partial charge in [-0.1, -0.05) is 47.0 Å². The van der Waals surface area contributed by atoms with Crippen LogP contribution in [0.2, 0.25) is 0 Å². The van der Waals surface area contributed by atoms with Crippen molar-refractivity contribution < 1.29 is 0 Å². The van der Waals surface area contributed by atoms with Crippen molar-refractivity contribution in [3.63, 3.8) is 0 Å². The molecular weight excluding hydrogens is 115 g/mol. The Hall–Kier alpha value is 0.597. The van der Waals surface area contributed by atoms with E-state index in [0.717, 1.165) is 0 Å². The minimum atomic E-state index is 0. The predicted octanol–water partition coefficient (Wildman–Crippen LogP) is 2.96. The summed E-state index contributed by atoms with van der Waals surface area (Å²) in [5, 5.41) is 0. The fourth-order valence-electron chi connectivity index (χ4n) is 0.905. The third-order valence-corrected chi connectivity index (χ3v) is 1.53. The van der Waals surface area contributed by atoms with Crippen LogP contribution in [0.4, 0.5) is 0 Å². The van der Waals surface area contributed by atoms with Crippen LogP contribution in [0.5, 0.6) is 0 Å². The molecule has 0 rings (SSSR count). The summed E-state index contributed by atoms with van der Waals surface area (Å²) in [6.45, 7) is 9.18. The fraction of sp³-hybridized carbons (Fsp3) is 1.00. The van der Waals surface area contributed by atoms with Gasteiger partial charge in [0.1, 0.15) is 0 Å². The van der Waals surface area contributed by atoms with Crippen LogP contribution in [0.1, 0.15) is 53.4 Å². The third-order valence-electron chi connectivity index (χ3n) is 1.53. The van der Waals surface area contributed by atoms with Gasteiger partial charge in [-0.25, -0.2) is 0 Å². The average Bonchev–Trinajstić information content (AvgIpc) is 1.63. The first kappa shape index (κ1) is 13.2. The second-order valence-corrected chi connectivity index (χ2v) is 4.02. The SMILES string of the molecule is CCCCCC(C)(C)C.[LiH]. The summed E-state index contributed by atoms with van der Waals surface area (Å²) in [6.07, 6.45) is 5.52. The van der Waals surface area contributed by atoms with Crippen molar-refractivity contribution >= 4 is 18.9 Å². The van der Waals surface area contributed by atoms with Gasteiger partial charge in [-0.2, -0.15) is 0 Å². The Morgan fingerprint density at radius 1 is 1.00 bits per heavy atom. The molecule has 0 atom stereocenters. The summed E-state index contributed by atoms with van der Waals surface area (Å²) in [4.78, 5) is 0. The van der Waals surface area contributed by atoms with E-state index in [4.69, 9.17) is 0 Å². The summed E-state index contributed by atoms with van der Waals surface area (Å²) in [6, 6.07) is 0. The molecule has 0 bridgehead atoms. The van der Waals surface area contributed by atoms with Crippen LogP contribution < -0.4 is 0 Å². The van der Waals surface area contributed by atoms with Gasteiger partial charge in [-0.3, -0.25) is 0 Å². The Morgan fingerprint density at radius 2 is 1.50 bits per heavy atom. The van der Waals surface area contributed by atoms with Crippen LogP contribution in [0, 0.1) is 5.41 Å². The fourth-order valence-corrected chi connectivity index (χ4v) is 0.905. The molecule has 0 radical (unpaired) electrons. The second kappa shape index (κ2) is 6.32. The second-order valence-electron chi connectivity index (χ2n) is 4.02. The third kappa shape index (κ3) is 11.4. The molecular formula is C9H21Li. The van der Waals surface area contributed by atoms with E-state index in [1.807, 2.05) is 0 Å². The van der Waals surface area contributed by atoms with Gasteiger partial charge in [-0.15, -0.1) is 0 Å². The van der Waals surface area contributed by atoms with Crippen LogP contribution in [-0.2, 0) is 0 Å². The van der Waals surface area contributed by atoms with Crippen molar-refractivity contribution in [2.45, 2.75) is 53.4 Å². The van der Waals surface area contributed by atoms with Crippen LogP contribution in [0.25, 0.3) is 0 Å². The Bertz CT molecular complexity index is 61.6. The zero-order valence-electron chi connectivity index (χ0n) is 7.33. The van der Waals surface area contributed by atoms with Crippen LogP contribution in [-0.4, -0.2) is 18.9 Å². The van der Waals surface area contributed by atoms with E-state index >= 15 is 0 Å². The topological polar surface area (TPSA) is 0 Å². The van der Waals surface area contributed by atoms with E-state index in [0.29, 0.717) is 5.41 Å². The molecule has 0 heterocycles. The Morgan fingerprint density at radius 3 is 1.80 bits per heavy atom. The van der Waals surface area contributed by atoms with Gasteiger partial charge in [0.25, 0.3) is 0 Å². The molecule has 0 saturated carbocycles.